The summed E-state index contributed by atoms with van der Waals surface area (Å²) < 4.78 is 53.4. The number of halogens is 4. The molecule has 0 aliphatic rings. The molecule has 0 amide bonds. The third kappa shape index (κ3) is 3.81. The second-order valence-electron chi connectivity index (χ2n) is 4.44. The van der Waals surface area contributed by atoms with E-state index >= 15 is 0 Å². The normalized spacial score (nSPS) is 11.3. The molecule has 0 unspecified atom stereocenters. The lowest BCUT2D eigenvalue weighted by atomic mass is 10.0. The van der Waals surface area contributed by atoms with E-state index in [1.54, 1.807) is 19.1 Å². The molecule has 2 aromatic carbocycles. The number of ether oxygens (including phenoxy) is 1. The minimum Gasteiger partial charge on any atom is -0.403 e. The summed E-state index contributed by atoms with van der Waals surface area (Å²) in [6.45, 7) is 1.76. The summed E-state index contributed by atoms with van der Waals surface area (Å²) in [6, 6.07) is 8.01. The largest absolute Gasteiger partial charge is 0.573 e. The fraction of sp³-hybridized carbons (Fsp3) is 0.133. The summed E-state index contributed by atoms with van der Waals surface area (Å²) >= 11 is 0. The predicted molar refractivity (Wildman–Crippen MR) is 68.6 cm³/mol. The monoisotopic (exact) mass is 298 g/mol. The quantitative estimate of drug-likeness (QED) is 0.615. The van der Waals surface area contributed by atoms with Crippen molar-refractivity contribution < 1.29 is 27.1 Å². The highest BCUT2D eigenvalue weighted by atomic mass is 19.4. The first-order chi connectivity index (χ1) is 9.78. The van der Waals surface area contributed by atoms with Crippen LogP contribution in [0.2, 0.25) is 0 Å². The third-order valence-corrected chi connectivity index (χ3v) is 2.73. The van der Waals surface area contributed by atoms with E-state index in [2.05, 4.69) is 4.74 Å². The average molecular weight is 298 g/mol. The average Bonchev–Trinajstić information content (AvgIpc) is 2.39. The summed E-state index contributed by atoms with van der Waals surface area (Å²) in [7, 11) is 0. The second-order valence-corrected chi connectivity index (χ2v) is 4.44. The molecule has 2 rings (SSSR count). The molecule has 2 nitrogen and oxygen atoms in total. The van der Waals surface area contributed by atoms with E-state index < -0.39 is 17.9 Å². The van der Waals surface area contributed by atoms with Gasteiger partial charge in [-0.2, -0.15) is 0 Å². The Morgan fingerprint density at radius 3 is 2.33 bits per heavy atom. The Bertz CT molecular complexity index is 678. The maximum atomic E-state index is 13.7. The van der Waals surface area contributed by atoms with Crippen LogP contribution in [0.3, 0.4) is 0 Å². The molecule has 110 valence electrons. The van der Waals surface area contributed by atoms with Crippen molar-refractivity contribution in [2.24, 2.45) is 0 Å². The molecule has 0 heterocycles. The molecule has 0 spiro atoms. The first-order valence-electron chi connectivity index (χ1n) is 5.91. The molecule has 0 aliphatic heterocycles. The van der Waals surface area contributed by atoms with E-state index in [1.807, 2.05) is 0 Å². The number of carbonyl (C=O) groups is 1. The summed E-state index contributed by atoms with van der Waals surface area (Å²) in [6.07, 6.45) is -4.30. The van der Waals surface area contributed by atoms with Gasteiger partial charge in [0.25, 0.3) is 0 Å². The lowest BCUT2D eigenvalue weighted by molar-refractivity contribution is -0.275. The number of rotatable bonds is 3. The maximum Gasteiger partial charge on any atom is 0.573 e. The number of hydrogen-bond acceptors (Lipinski definition) is 2. The van der Waals surface area contributed by atoms with E-state index in [9.17, 15) is 22.4 Å². The smallest absolute Gasteiger partial charge is 0.403 e. The predicted octanol–water partition coefficient (Wildman–Crippen LogP) is 4.51. The van der Waals surface area contributed by atoms with Crippen molar-refractivity contribution in [3.63, 3.8) is 0 Å². The molecule has 0 atom stereocenters. The van der Waals surface area contributed by atoms with Gasteiger partial charge in [0, 0.05) is 5.56 Å². The van der Waals surface area contributed by atoms with Crippen molar-refractivity contribution in [2.45, 2.75) is 13.3 Å². The van der Waals surface area contributed by atoms with Gasteiger partial charge >= 0.3 is 6.36 Å². The van der Waals surface area contributed by atoms with Crippen LogP contribution in [0, 0.1) is 12.7 Å². The van der Waals surface area contributed by atoms with Gasteiger partial charge in [-0.15, -0.1) is 13.2 Å². The van der Waals surface area contributed by atoms with Crippen molar-refractivity contribution in [1.29, 1.82) is 0 Å². The Morgan fingerprint density at radius 2 is 1.76 bits per heavy atom. The van der Waals surface area contributed by atoms with Crippen molar-refractivity contribution in [1.82, 2.24) is 0 Å². The highest BCUT2D eigenvalue weighted by Crippen LogP contribution is 2.30. The zero-order valence-electron chi connectivity index (χ0n) is 10.9. The lowest BCUT2D eigenvalue weighted by Gasteiger charge is -2.11. The van der Waals surface area contributed by atoms with E-state index in [0.29, 0.717) is 23.0 Å². The van der Waals surface area contributed by atoms with Crippen LogP contribution in [0.1, 0.15) is 15.9 Å². The molecular formula is C15H10F4O2. The maximum absolute atomic E-state index is 13.7. The van der Waals surface area contributed by atoms with Crippen LogP contribution >= 0.6 is 0 Å². The Morgan fingerprint density at radius 1 is 1.05 bits per heavy atom. The number of hydrogen-bond donors (Lipinski definition) is 0. The van der Waals surface area contributed by atoms with Crippen LogP contribution < -0.4 is 4.74 Å². The van der Waals surface area contributed by atoms with Gasteiger partial charge in [-0.1, -0.05) is 12.1 Å². The van der Waals surface area contributed by atoms with Crippen LogP contribution in [0.5, 0.6) is 5.75 Å². The van der Waals surface area contributed by atoms with Crippen LogP contribution in [0.25, 0.3) is 11.1 Å². The molecule has 0 fully saturated rings. The minimum atomic E-state index is -4.95. The topological polar surface area (TPSA) is 26.3 Å². The van der Waals surface area contributed by atoms with E-state index in [-0.39, 0.29) is 0 Å². The van der Waals surface area contributed by atoms with E-state index in [0.717, 1.165) is 17.7 Å². The molecule has 2 aromatic rings. The van der Waals surface area contributed by atoms with Gasteiger partial charge < -0.3 is 4.74 Å². The number of aldehydes is 1. The first-order valence-corrected chi connectivity index (χ1v) is 5.91. The van der Waals surface area contributed by atoms with Gasteiger partial charge in [0.1, 0.15) is 6.29 Å². The molecule has 0 bridgehead atoms. The highest BCUT2D eigenvalue weighted by molar-refractivity contribution is 5.79. The second kappa shape index (κ2) is 5.55. The molecule has 0 N–H and O–H groups in total. The number of carbonyl (C=O) groups excluding carboxylic acids is 1. The molecular weight excluding hydrogens is 288 g/mol. The summed E-state index contributed by atoms with van der Waals surface area (Å²) in [5, 5.41) is 0. The number of alkyl halides is 3. The molecule has 0 aliphatic carbocycles. The molecule has 0 aromatic heterocycles. The molecule has 0 saturated carbocycles. The Kier molecular flexibility index (Phi) is 3.97. The number of benzene rings is 2. The SMILES string of the molecule is Cc1cc(C=O)cc(-c2ccc(OC(F)(F)F)c(F)c2)c1. The zero-order valence-corrected chi connectivity index (χ0v) is 10.9. The van der Waals surface area contributed by atoms with Gasteiger partial charge in [0.15, 0.2) is 11.6 Å². The zero-order chi connectivity index (χ0) is 15.6. The molecule has 0 radical (unpaired) electrons. The Hall–Kier alpha value is -2.37. The number of aryl methyl sites for hydroxylation is 1. The van der Waals surface area contributed by atoms with Crippen LogP contribution in [0.4, 0.5) is 17.6 Å². The lowest BCUT2D eigenvalue weighted by Crippen LogP contribution is -2.17. The van der Waals surface area contributed by atoms with Gasteiger partial charge in [0.2, 0.25) is 0 Å². The Labute approximate surface area is 118 Å². The summed E-state index contributed by atoms with van der Waals surface area (Å²) in [4.78, 5) is 10.8. The molecule has 0 saturated heterocycles. The van der Waals surface area contributed by atoms with E-state index in [1.165, 1.54) is 12.1 Å². The van der Waals surface area contributed by atoms with Crippen LogP contribution in [0.15, 0.2) is 36.4 Å². The van der Waals surface area contributed by atoms with Gasteiger partial charge in [0.05, 0.1) is 0 Å². The summed E-state index contributed by atoms with van der Waals surface area (Å²) in [5.41, 5.74) is 2.08. The van der Waals surface area contributed by atoms with Crippen molar-refractivity contribution in [3.05, 3.63) is 53.3 Å². The van der Waals surface area contributed by atoms with Crippen molar-refractivity contribution in [2.75, 3.05) is 0 Å². The minimum absolute atomic E-state index is 0.355. The van der Waals surface area contributed by atoms with Crippen LogP contribution in [-0.4, -0.2) is 12.6 Å². The molecule has 21 heavy (non-hydrogen) atoms. The van der Waals surface area contributed by atoms with Gasteiger partial charge in [-0.05, 0) is 47.9 Å². The Balaban J connectivity index is 2.40. The van der Waals surface area contributed by atoms with E-state index in [4.69, 9.17) is 0 Å². The standard InChI is InChI=1S/C15H10F4O2/c1-9-4-10(8-20)6-12(5-9)11-2-3-14(13(16)7-11)21-15(17,18)19/h2-8H,1H3. The van der Waals surface area contributed by atoms with Crippen LogP contribution in [-0.2, 0) is 0 Å². The fourth-order valence-electron chi connectivity index (χ4n) is 1.94. The fourth-order valence-corrected chi connectivity index (χ4v) is 1.94. The van der Waals surface area contributed by atoms with Crippen molar-refractivity contribution in [3.8, 4) is 16.9 Å². The van der Waals surface area contributed by atoms with Gasteiger partial charge in [-0.25, -0.2) is 4.39 Å². The highest BCUT2D eigenvalue weighted by Gasteiger charge is 2.32. The third-order valence-electron chi connectivity index (χ3n) is 2.73. The molecule has 6 heteroatoms. The van der Waals surface area contributed by atoms with Crippen molar-refractivity contribution >= 4 is 6.29 Å². The first kappa shape index (κ1) is 15.0. The summed E-state index contributed by atoms with van der Waals surface area (Å²) in [5.74, 6) is -2.02. The van der Waals surface area contributed by atoms with Gasteiger partial charge in [-0.3, -0.25) is 4.79 Å².